The third-order valence-electron chi connectivity index (χ3n) is 4.16. The lowest BCUT2D eigenvalue weighted by Gasteiger charge is -2.10. The summed E-state index contributed by atoms with van der Waals surface area (Å²) >= 11 is 0. The molecule has 0 fully saturated rings. The molecule has 1 aliphatic carbocycles. The van der Waals surface area contributed by atoms with E-state index in [-0.39, 0.29) is 11.5 Å². The summed E-state index contributed by atoms with van der Waals surface area (Å²) in [5.41, 5.74) is 4.27. The van der Waals surface area contributed by atoms with Gasteiger partial charge in [-0.2, -0.15) is 0 Å². The number of carbonyl (C=O) groups excluding carboxylic acids is 1. The fourth-order valence-electron chi connectivity index (χ4n) is 3.09. The number of ketones is 1. The number of aromatic nitrogens is 1. The molecule has 0 radical (unpaired) electrons. The van der Waals surface area contributed by atoms with Gasteiger partial charge in [-0.15, -0.1) is 0 Å². The second-order valence-electron chi connectivity index (χ2n) is 5.62. The number of nitrogens with one attached hydrogen (secondary N) is 1. The molecule has 1 atom stereocenters. The summed E-state index contributed by atoms with van der Waals surface area (Å²) < 4.78 is 0. The second-order valence-corrected chi connectivity index (χ2v) is 5.62. The van der Waals surface area contributed by atoms with E-state index in [2.05, 4.69) is 4.98 Å². The lowest BCUT2D eigenvalue weighted by molar-refractivity contribution is 0.0690. The normalized spacial score (nSPS) is 16.7. The Morgan fingerprint density at radius 2 is 2.14 bits per heavy atom. The molecule has 0 saturated carbocycles. The van der Waals surface area contributed by atoms with Gasteiger partial charge in [0.25, 0.3) is 0 Å². The van der Waals surface area contributed by atoms with Gasteiger partial charge in [-0.1, -0.05) is 18.2 Å². The van der Waals surface area contributed by atoms with Crippen molar-refractivity contribution in [1.82, 2.24) is 4.98 Å². The number of carbonyl (C=O) groups is 2. The maximum Gasteiger partial charge on any atom is 0.352 e. The molecule has 1 aromatic carbocycles. The topological polar surface area (TPSA) is 70.2 Å². The summed E-state index contributed by atoms with van der Waals surface area (Å²) in [5.74, 6) is -0.521. The van der Waals surface area contributed by atoms with Gasteiger partial charge in [0, 0.05) is 11.3 Å². The molecule has 0 aliphatic heterocycles. The number of hydrogen-bond acceptors (Lipinski definition) is 2. The van der Waals surface area contributed by atoms with Crippen LogP contribution >= 0.6 is 0 Å². The zero-order valence-corrected chi connectivity index (χ0v) is 11.8. The average Bonchev–Trinajstić information content (AvgIpc) is 3.01. The van der Waals surface area contributed by atoms with Crippen LogP contribution in [-0.2, 0) is 12.8 Å². The SMILES string of the molecule is CC(=O)c1cccc(CC2CCc3[nH]c(C(=O)O)cc32)c1. The molecule has 0 bridgehead atoms. The highest BCUT2D eigenvalue weighted by Gasteiger charge is 2.26. The largest absolute Gasteiger partial charge is 0.477 e. The minimum absolute atomic E-state index is 0.0683. The Labute approximate surface area is 122 Å². The van der Waals surface area contributed by atoms with E-state index in [9.17, 15) is 9.59 Å². The van der Waals surface area contributed by atoms with Gasteiger partial charge >= 0.3 is 5.97 Å². The lowest BCUT2D eigenvalue weighted by Crippen LogP contribution is -2.01. The van der Waals surface area contributed by atoms with E-state index in [1.54, 1.807) is 13.0 Å². The third kappa shape index (κ3) is 2.61. The summed E-state index contributed by atoms with van der Waals surface area (Å²) in [5, 5.41) is 9.05. The highest BCUT2D eigenvalue weighted by Crippen LogP contribution is 2.36. The van der Waals surface area contributed by atoms with E-state index in [1.165, 1.54) is 0 Å². The molecule has 0 spiro atoms. The fraction of sp³-hybridized carbons (Fsp3) is 0.294. The molecule has 4 heteroatoms. The van der Waals surface area contributed by atoms with Gasteiger partial charge < -0.3 is 10.1 Å². The van der Waals surface area contributed by atoms with Crippen LogP contribution in [0.4, 0.5) is 0 Å². The minimum atomic E-state index is -0.915. The third-order valence-corrected chi connectivity index (χ3v) is 4.16. The predicted molar refractivity (Wildman–Crippen MR) is 79.0 cm³/mol. The van der Waals surface area contributed by atoms with Gasteiger partial charge in [-0.05, 0) is 55.4 Å². The van der Waals surface area contributed by atoms with Crippen LogP contribution in [0.3, 0.4) is 0 Å². The molecule has 0 saturated heterocycles. The first-order valence-electron chi connectivity index (χ1n) is 7.09. The lowest BCUT2D eigenvalue weighted by atomic mass is 9.93. The number of fused-ring (bicyclic) bond motifs is 1. The fourth-order valence-corrected chi connectivity index (χ4v) is 3.09. The van der Waals surface area contributed by atoms with Crippen molar-refractivity contribution in [2.75, 3.05) is 0 Å². The Kier molecular flexibility index (Phi) is 3.37. The average molecular weight is 283 g/mol. The van der Waals surface area contributed by atoms with E-state index in [4.69, 9.17) is 5.11 Å². The Hall–Kier alpha value is -2.36. The number of aromatic carboxylic acids is 1. The van der Waals surface area contributed by atoms with Crippen LogP contribution in [0.1, 0.15) is 56.9 Å². The van der Waals surface area contributed by atoms with Gasteiger partial charge in [-0.3, -0.25) is 4.79 Å². The summed E-state index contributed by atoms with van der Waals surface area (Å²) in [7, 11) is 0. The van der Waals surface area contributed by atoms with Gasteiger partial charge in [0.2, 0.25) is 0 Å². The van der Waals surface area contributed by atoms with E-state index >= 15 is 0 Å². The van der Waals surface area contributed by atoms with Crippen molar-refractivity contribution in [3.05, 3.63) is 58.4 Å². The molecule has 1 aliphatic rings. The predicted octanol–water partition coefficient (Wildman–Crippen LogP) is 3.19. The van der Waals surface area contributed by atoms with Crippen molar-refractivity contribution >= 4 is 11.8 Å². The van der Waals surface area contributed by atoms with Crippen LogP contribution in [0, 0.1) is 0 Å². The first kappa shape index (κ1) is 13.6. The smallest absolute Gasteiger partial charge is 0.352 e. The summed E-state index contributed by atoms with van der Waals surface area (Å²) in [6.45, 7) is 1.57. The summed E-state index contributed by atoms with van der Waals surface area (Å²) in [6, 6.07) is 9.44. The number of Topliss-reactive ketones (excluding diaryl/α,β-unsaturated/α-hetero) is 1. The number of aromatic amines is 1. The molecule has 4 nitrogen and oxygen atoms in total. The number of carboxylic acids is 1. The number of rotatable bonds is 4. The molecule has 108 valence electrons. The minimum Gasteiger partial charge on any atom is -0.477 e. The number of carboxylic acid groups (broad SMARTS) is 1. The molecular formula is C17H17NO3. The van der Waals surface area contributed by atoms with Crippen LogP contribution in [-0.4, -0.2) is 21.8 Å². The van der Waals surface area contributed by atoms with Gasteiger partial charge in [0.15, 0.2) is 5.78 Å². The van der Waals surface area contributed by atoms with Crippen molar-refractivity contribution in [1.29, 1.82) is 0 Å². The first-order valence-corrected chi connectivity index (χ1v) is 7.09. The van der Waals surface area contributed by atoms with Gasteiger partial charge in [0.1, 0.15) is 5.69 Å². The van der Waals surface area contributed by atoms with Crippen molar-refractivity contribution in [3.63, 3.8) is 0 Å². The van der Waals surface area contributed by atoms with E-state index in [0.29, 0.717) is 5.92 Å². The highest BCUT2D eigenvalue weighted by molar-refractivity contribution is 5.94. The van der Waals surface area contributed by atoms with Crippen molar-refractivity contribution in [2.24, 2.45) is 0 Å². The Morgan fingerprint density at radius 3 is 2.86 bits per heavy atom. The molecular weight excluding hydrogens is 266 g/mol. The van der Waals surface area contributed by atoms with Crippen LogP contribution in [0.5, 0.6) is 0 Å². The summed E-state index contributed by atoms with van der Waals surface area (Å²) in [4.78, 5) is 25.4. The van der Waals surface area contributed by atoms with E-state index in [0.717, 1.165) is 41.6 Å². The second kappa shape index (κ2) is 5.20. The number of aryl methyl sites for hydroxylation is 1. The zero-order chi connectivity index (χ0) is 15.0. The van der Waals surface area contributed by atoms with Crippen LogP contribution in [0.15, 0.2) is 30.3 Å². The maximum absolute atomic E-state index is 11.4. The van der Waals surface area contributed by atoms with E-state index < -0.39 is 5.97 Å². The van der Waals surface area contributed by atoms with Crippen LogP contribution < -0.4 is 0 Å². The molecule has 2 aromatic rings. The maximum atomic E-state index is 11.4. The molecule has 1 heterocycles. The first-order chi connectivity index (χ1) is 10.0. The van der Waals surface area contributed by atoms with Gasteiger partial charge in [-0.25, -0.2) is 4.79 Å². The van der Waals surface area contributed by atoms with Crippen molar-refractivity contribution in [3.8, 4) is 0 Å². The Morgan fingerprint density at radius 1 is 1.33 bits per heavy atom. The molecule has 21 heavy (non-hydrogen) atoms. The summed E-state index contributed by atoms with van der Waals surface area (Å²) in [6.07, 6.45) is 2.75. The standard InChI is InChI=1S/C17H17NO3/c1-10(19)12-4-2-3-11(7-12)8-13-5-6-15-14(13)9-16(18-15)17(20)21/h2-4,7,9,13,18H,5-6,8H2,1H3,(H,20,21). The number of hydrogen-bond donors (Lipinski definition) is 2. The molecule has 1 aromatic heterocycles. The van der Waals surface area contributed by atoms with Crippen LogP contribution in [0.25, 0.3) is 0 Å². The number of benzene rings is 1. The Balaban J connectivity index is 1.83. The Bertz CT molecular complexity index is 715. The highest BCUT2D eigenvalue weighted by atomic mass is 16.4. The van der Waals surface area contributed by atoms with Crippen molar-refractivity contribution < 1.29 is 14.7 Å². The molecule has 0 amide bonds. The van der Waals surface area contributed by atoms with Gasteiger partial charge in [0.05, 0.1) is 0 Å². The quantitative estimate of drug-likeness (QED) is 0.847. The monoisotopic (exact) mass is 283 g/mol. The van der Waals surface area contributed by atoms with E-state index in [1.807, 2.05) is 24.3 Å². The molecule has 3 rings (SSSR count). The zero-order valence-electron chi connectivity index (χ0n) is 11.8. The van der Waals surface area contributed by atoms with Crippen molar-refractivity contribution in [2.45, 2.75) is 32.1 Å². The number of H-pyrrole nitrogens is 1. The molecule has 1 unspecified atom stereocenters. The molecule has 2 N–H and O–H groups in total. The van der Waals surface area contributed by atoms with Crippen LogP contribution in [0.2, 0.25) is 0 Å².